The van der Waals surface area contributed by atoms with Gasteiger partial charge < -0.3 is 5.32 Å². The van der Waals surface area contributed by atoms with Crippen molar-refractivity contribution in [2.75, 3.05) is 5.32 Å². The Kier molecular flexibility index (Phi) is 3.18. The van der Waals surface area contributed by atoms with E-state index in [-0.39, 0.29) is 0 Å². The van der Waals surface area contributed by atoms with Crippen LogP contribution in [0.3, 0.4) is 0 Å². The normalized spacial score (nSPS) is 11.3. The van der Waals surface area contributed by atoms with E-state index in [1.165, 1.54) is 0 Å². The Morgan fingerprint density at radius 2 is 1.96 bits per heavy atom. The number of aromatic nitrogens is 6. The summed E-state index contributed by atoms with van der Waals surface area (Å²) in [5.41, 5.74) is 4.56. The molecule has 0 amide bonds. The van der Waals surface area contributed by atoms with Crippen molar-refractivity contribution in [2.45, 2.75) is 0 Å². The number of pyridine rings is 2. The molecule has 0 saturated heterocycles. The maximum absolute atomic E-state index is 4.55. The van der Waals surface area contributed by atoms with Gasteiger partial charge in [-0.3, -0.25) is 19.7 Å². The number of hydrogen-bond donors (Lipinski definition) is 2. The first-order chi connectivity index (χ1) is 12.8. The summed E-state index contributed by atoms with van der Waals surface area (Å²) in [7, 11) is 1.92. The lowest BCUT2D eigenvalue weighted by Gasteiger charge is -2.09. The predicted molar refractivity (Wildman–Crippen MR) is 101 cm³/mol. The van der Waals surface area contributed by atoms with E-state index in [4.69, 9.17) is 0 Å². The minimum Gasteiger partial charge on any atom is -0.337 e. The van der Waals surface area contributed by atoms with Crippen molar-refractivity contribution in [3.05, 3.63) is 61.1 Å². The highest BCUT2D eigenvalue weighted by Crippen LogP contribution is 2.29. The van der Waals surface area contributed by atoms with Crippen molar-refractivity contribution in [3.8, 4) is 11.4 Å². The summed E-state index contributed by atoms with van der Waals surface area (Å²) in [6, 6.07) is 14.0. The van der Waals surface area contributed by atoms with Gasteiger partial charge in [0.1, 0.15) is 5.52 Å². The van der Waals surface area contributed by atoms with Gasteiger partial charge in [0.15, 0.2) is 5.82 Å². The van der Waals surface area contributed by atoms with E-state index in [0.717, 1.165) is 38.9 Å². The second-order valence-electron chi connectivity index (χ2n) is 6.03. The maximum Gasteiger partial charge on any atom is 0.178 e. The molecule has 5 aromatic rings. The van der Waals surface area contributed by atoms with Gasteiger partial charge in [-0.1, -0.05) is 6.07 Å². The summed E-state index contributed by atoms with van der Waals surface area (Å²) in [6.45, 7) is 0. The minimum absolute atomic E-state index is 0.709. The molecule has 0 bridgehead atoms. The first-order valence-electron chi connectivity index (χ1n) is 8.23. The van der Waals surface area contributed by atoms with Crippen LogP contribution in [-0.4, -0.2) is 29.9 Å². The molecule has 2 N–H and O–H groups in total. The number of nitrogens with zero attached hydrogens (tertiary/aromatic N) is 5. The number of aromatic amines is 1. The van der Waals surface area contributed by atoms with E-state index in [1.807, 2.05) is 48.3 Å². The smallest absolute Gasteiger partial charge is 0.178 e. The van der Waals surface area contributed by atoms with Crippen molar-refractivity contribution in [2.24, 2.45) is 7.05 Å². The van der Waals surface area contributed by atoms with Crippen LogP contribution in [0.25, 0.3) is 33.2 Å². The summed E-state index contributed by atoms with van der Waals surface area (Å²) in [4.78, 5) is 8.93. The van der Waals surface area contributed by atoms with Crippen LogP contribution in [0.15, 0.2) is 61.1 Å². The van der Waals surface area contributed by atoms with E-state index < -0.39 is 0 Å². The second-order valence-corrected chi connectivity index (χ2v) is 6.03. The topological polar surface area (TPSA) is 84.3 Å². The highest BCUT2D eigenvalue weighted by Gasteiger charge is 2.11. The number of nitrogens with one attached hydrogen (secondary N) is 2. The Hall–Kier alpha value is -3.74. The fourth-order valence-corrected chi connectivity index (χ4v) is 3.14. The Balaban J connectivity index is 1.58. The molecule has 26 heavy (non-hydrogen) atoms. The molecule has 7 nitrogen and oxygen atoms in total. The van der Waals surface area contributed by atoms with Crippen molar-refractivity contribution in [1.82, 2.24) is 29.9 Å². The molecule has 0 fully saturated rings. The molecule has 0 radical (unpaired) electrons. The van der Waals surface area contributed by atoms with Gasteiger partial charge in [0.05, 0.1) is 16.9 Å². The summed E-state index contributed by atoms with van der Waals surface area (Å²) in [5, 5.41) is 17.1. The molecule has 1 aromatic carbocycles. The third-order valence-corrected chi connectivity index (χ3v) is 4.41. The van der Waals surface area contributed by atoms with Crippen LogP contribution in [0, 0.1) is 0 Å². The molecule has 0 atom stereocenters. The van der Waals surface area contributed by atoms with Crippen LogP contribution in [0.1, 0.15) is 0 Å². The lowest BCUT2D eigenvalue weighted by atomic mass is 10.1. The predicted octanol–water partition coefficient (Wildman–Crippen LogP) is 3.65. The second kappa shape index (κ2) is 5.66. The van der Waals surface area contributed by atoms with Crippen molar-refractivity contribution >= 4 is 33.3 Å². The van der Waals surface area contributed by atoms with Crippen molar-refractivity contribution in [1.29, 1.82) is 0 Å². The Morgan fingerprint density at radius 1 is 1.00 bits per heavy atom. The molecule has 5 rings (SSSR count). The highest BCUT2D eigenvalue weighted by molar-refractivity contribution is 5.96. The quantitative estimate of drug-likeness (QED) is 0.523. The average Bonchev–Trinajstić information content (AvgIpc) is 3.28. The number of fused-ring (bicyclic) bond motifs is 2. The van der Waals surface area contributed by atoms with Gasteiger partial charge in [-0.05, 0) is 41.8 Å². The lowest BCUT2D eigenvalue weighted by molar-refractivity contribution is 0.774. The Morgan fingerprint density at radius 3 is 2.85 bits per heavy atom. The van der Waals surface area contributed by atoms with Crippen molar-refractivity contribution in [3.63, 3.8) is 0 Å². The van der Waals surface area contributed by atoms with Crippen LogP contribution < -0.4 is 5.32 Å². The number of aryl methyl sites for hydroxylation is 1. The molecule has 0 aliphatic heterocycles. The molecule has 126 valence electrons. The summed E-state index contributed by atoms with van der Waals surface area (Å²) in [6.07, 6.45) is 5.36. The average molecular weight is 341 g/mol. The zero-order valence-electron chi connectivity index (χ0n) is 14.0. The zero-order chi connectivity index (χ0) is 17.5. The van der Waals surface area contributed by atoms with Gasteiger partial charge in [-0.25, -0.2) is 0 Å². The minimum atomic E-state index is 0.709. The molecular weight excluding hydrogens is 326 g/mol. The number of hydrogen-bond acceptors (Lipinski definition) is 5. The number of benzene rings is 1. The van der Waals surface area contributed by atoms with Crippen LogP contribution in [-0.2, 0) is 7.05 Å². The van der Waals surface area contributed by atoms with Crippen LogP contribution in [0.2, 0.25) is 0 Å². The SMILES string of the molecule is Cn1nccc1-c1nccc2cc(Nc3n[nH]c4cccnc34)ccc12. The first kappa shape index (κ1) is 14.6. The Labute approximate surface area is 148 Å². The molecule has 4 heterocycles. The molecule has 0 aliphatic carbocycles. The monoisotopic (exact) mass is 341 g/mol. The van der Waals surface area contributed by atoms with Gasteiger partial charge in [-0.2, -0.15) is 10.2 Å². The van der Waals surface area contributed by atoms with Crippen molar-refractivity contribution < 1.29 is 0 Å². The van der Waals surface area contributed by atoms with Gasteiger partial charge in [-0.15, -0.1) is 0 Å². The third-order valence-electron chi connectivity index (χ3n) is 4.41. The van der Waals surface area contributed by atoms with E-state index in [9.17, 15) is 0 Å². The van der Waals surface area contributed by atoms with E-state index in [0.29, 0.717) is 5.82 Å². The first-order valence-corrected chi connectivity index (χ1v) is 8.23. The zero-order valence-corrected chi connectivity index (χ0v) is 14.0. The van der Waals surface area contributed by atoms with Gasteiger partial charge >= 0.3 is 0 Å². The summed E-state index contributed by atoms with van der Waals surface area (Å²) in [5.74, 6) is 0.709. The van der Waals surface area contributed by atoms with Crippen LogP contribution in [0.4, 0.5) is 11.5 Å². The number of anilines is 2. The van der Waals surface area contributed by atoms with Gasteiger partial charge in [0, 0.05) is 36.7 Å². The molecule has 0 saturated carbocycles. The molecule has 7 heteroatoms. The van der Waals surface area contributed by atoms with Gasteiger partial charge in [0.25, 0.3) is 0 Å². The molecule has 0 unspecified atom stereocenters. The van der Waals surface area contributed by atoms with E-state index >= 15 is 0 Å². The number of rotatable bonds is 3. The fraction of sp³-hybridized carbons (Fsp3) is 0.0526. The van der Waals surface area contributed by atoms with Gasteiger partial charge in [0.2, 0.25) is 0 Å². The highest BCUT2D eigenvalue weighted by atomic mass is 15.3. The maximum atomic E-state index is 4.55. The lowest BCUT2D eigenvalue weighted by Crippen LogP contribution is -1.96. The molecule has 4 aromatic heterocycles. The Bertz CT molecular complexity index is 1240. The fourth-order valence-electron chi connectivity index (χ4n) is 3.14. The number of H-pyrrole nitrogens is 1. The third kappa shape index (κ3) is 2.29. The molecule has 0 spiro atoms. The molecule has 0 aliphatic rings. The standard InChI is InChI=1S/C19H15N7/c1-26-16(7-10-22-26)17-14-5-4-13(11-12(14)6-9-21-17)23-19-18-15(24-25-19)3-2-8-20-18/h2-11H,1H3,(H2,23,24,25). The summed E-state index contributed by atoms with van der Waals surface area (Å²) < 4.78 is 1.83. The van der Waals surface area contributed by atoms with E-state index in [1.54, 1.807) is 12.4 Å². The molecular formula is C19H15N7. The van der Waals surface area contributed by atoms with Crippen LogP contribution in [0.5, 0.6) is 0 Å². The van der Waals surface area contributed by atoms with Crippen LogP contribution >= 0.6 is 0 Å². The summed E-state index contributed by atoms with van der Waals surface area (Å²) >= 11 is 0. The largest absolute Gasteiger partial charge is 0.337 e. The van der Waals surface area contributed by atoms with E-state index in [2.05, 4.69) is 42.7 Å².